The first-order valence-electron chi connectivity index (χ1n) is 6.09. The van der Waals surface area contributed by atoms with Crippen LogP contribution in [0.5, 0.6) is 0 Å². The van der Waals surface area contributed by atoms with Crippen LogP contribution in [-0.4, -0.2) is 34.0 Å². The molecule has 1 aromatic rings. The van der Waals surface area contributed by atoms with E-state index in [2.05, 4.69) is 14.9 Å². The van der Waals surface area contributed by atoms with Crippen LogP contribution in [0.4, 0.5) is 0 Å². The van der Waals surface area contributed by atoms with Crippen molar-refractivity contribution in [1.29, 1.82) is 0 Å². The van der Waals surface area contributed by atoms with Crippen molar-refractivity contribution in [3.8, 4) is 0 Å². The average molecular weight is 220 g/mol. The third kappa shape index (κ3) is 3.00. The molecule has 1 aliphatic rings. The van der Waals surface area contributed by atoms with Crippen molar-refractivity contribution in [3.05, 3.63) is 24.3 Å². The van der Waals surface area contributed by atoms with Crippen LogP contribution in [0.3, 0.4) is 0 Å². The van der Waals surface area contributed by atoms with Gasteiger partial charge in [0.25, 0.3) is 0 Å². The summed E-state index contributed by atoms with van der Waals surface area (Å²) in [6.07, 6.45) is 8.45. The van der Waals surface area contributed by atoms with Crippen molar-refractivity contribution in [3.63, 3.8) is 0 Å². The third-order valence-corrected chi connectivity index (χ3v) is 3.26. The van der Waals surface area contributed by atoms with Crippen LogP contribution >= 0.6 is 0 Å². The molecule has 1 fully saturated rings. The fraction of sp³-hybridized carbons (Fsp3) is 0.667. The first-order valence-corrected chi connectivity index (χ1v) is 6.09. The molecule has 0 aromatic carbocycles. The van der Waals surface area contributed by atoms with Gasteiger partial charge in [-0.15, -0.1) is 0 Å². The quantitative estimate of drug-likeness (QED) is 0.828. The summed E-state index contributed by atoms with van der Waals surface area (Å²) in [6, 6.07) is 2.64. The van der Waals surface area contributed by atoms with Crippen LogP contribution in [0.15, 0.2) is 18.6 Å². The lowest BCUT2D eigenvalue weighted by Gasteiger charge is -2.35. The molecule has 2 N–H and O–H groups in total. The number of likely N-dealkylation sites (tertiary alicyclic amines) is 1. The number of nitrogens with zero attached hydrogens (tertiary/aromatic N) is 3. The Balaban J connectivity index is 1.96. The van der Waals surface area contributed by atoms with Crippen molar-refractivity contribution in [1.82, 2.24) is 14.9 Å². The van der Waals surface area contributed by atoms with E-state index in [4.69, 9.17) is 5.73 Å². The van der Waals surface area contributed by atoms with Crippen LogP contribution < -0.4 is 5.73 Å². The Hall–Kier alpha value is -1.00. The van der Waals surface area contributed by atoms with Crippen LogP contribution in [0.25, 0.3) is 0 Å². The number of rotatable bonds is 4. The van der Waals surface area contributed by atoms with Gasteiger partial charge in [0.1, 0.15) is 6.33 Å². The van der Waals surface area contributed by atoms with Gasteiger partial charge in [0.2, 0.25) is 0 Å². The Bertz CT molecular complexity index is 299. The molecule has 0 aliphatic carbocycles. The molecule has 1 saturated heterocycles. The highest BCUT2D eigenvalue weighted by Gasteiger charge is 2.21. The molecule has 2 heterocycles. The molecule has 0 saturated carbocycles. The van der Waals surface area contributed by atoms with Gasteiger partial charge < -0.3 is 5.73 Å². The molecule has 0 bridgehead atoms. The molecule has 16 heavy (non-hydrogen) atoms. The lowest BCUT2D eigenvalue weighted by Crippen LogP contribution is -2.40. The lowest BCUT2D eigenvalue weighted by atomic mass is 9.99. The molecule has 0 radical (unpaired) electrons. The van der Waals surface area contributed by atoms with E-state index in [1.54, 1.807) is 6.33 Å². The summed E-state index contributed by atoms with van der Waals surface area (Å²) in [5, 5.41) is 0. The maximum absolute atomic E-state index is 5.66. The zero-order chi connectivity index (χ0) is 11.2. The second-order valence-corrected chi connectivity index (χ2v) is 4.40. The summed E-state index contributed by atoms with van der Waals surface area (Å²) >= 11 is 0. The Morgan fingerprint density at radius 2 is 2.38 bits per heavy atom. The molecular weight excluding hydrogens is 200 g/mol. The first-order chi connectivity index (χ1) is 7.90. The zero-order valence-electron chi connectivity index (χ0n) is 9.68. The largest absolute Gasteiger partial charge is 0.330 e. The van der Waals surface area contributed by atoms with Gasteiger partial charge in [0.15, 0.2) is 0 Å². The second kappa shape index (κ2) is 5.92. The number of piperidine rings is 1. The molecule has 1 aliphatic heterocycles. The van der Waals surface area contributed by atoms with Crippen LogP contribution in [0, 0.1) is 0 Å². The Morgan fingerprint density at radius 3 is 3.12 bits per heavy atom. The van der Waals surface area contributed by atoms with E-state index in [0.717, 1.165) is 25.2 Å². The monoisotopic (exact) mass is 220 g/mol. The minimum Gasteiger partial charge on any atom is -0.330 e. The number of aromatic nitrogens is 2. The highest BCUT2D eigenvalue weighted by molar-refractivity contribution is 4.98. The summed E-state index contributed by atoms with van der Waals surface area (Å²) in [7, 11) is 0. The van der Waals surface area contributed by atoms with Gasteiger partial charge in [-0.25, -0.2) is 9.97 Å². The smallest absolute Gasteiger partial charge is 0.115 e. The Labute approximate surface area is 96.9 Å². The van der Waals surface area contributed by atoms with Crippen molar-refractivity contribution in [2.24, 2.45) is 5.73 Å². The van der Waals surface area contributed by atoms with Gasteiger partial charge in [-0.1, -0.05) is 6.42 Å². The van der Waals surface area contributed by atoms with Crippen LogP contribution in [0.1, 0.15) is 31.4 Å². The van der Waals surface area contributed by atoms with Crippen molar-refractivity contribution in [2.45, 2.75) is 38.3 Å². The molecule has 0 spiro atoms. The van der Waals surface area contributed by atoms with Crippen LogP contribution in [-0.2, 0) is 6.54 Å². The maximum Gasteiger partial charge on any atom is 0.115 e. The van der Waals surface area contributed by atoms with E-state index in [1.807, 2.05) is 12.3 Å². The topological polar surface area (TPSA) is 55.0 Å². The van der Waals surface area contributed by atoms with Gasteiger partial charge in [-0.05, 0) is 38.4 Å². The molecule has 4 nitrogen and oxygen atoms in total. The van der Waals surface area contributed by atoms with Gasteiger partial charge in [-0.2, -0.15) is 0 Å². The minimum absolute atomic E-state index is 0.647. The molecular formula is C12H20N4. The second-order valence-electron chi connectivity index (χ2n) is 4.40. The van der Waals surface area contributed by atoms with Crippen molar-refractivity contribution >= 4 is 0 Å². The van der Waals surface area contributed by atoms with Crippen LogP contribution in [0.2, 0.25) is 0 Å². The van der Waals surface area contributed by atoms with E-state index in [9.17, 15) is 0 Å². The minimum atomic E-state index is 0.647. The molecule has 88 valence electrons. The molecule has 0 amide bonds. The SMILES string of the molecule is NCCC1CCCCN1Cc1ccncn1. The summed E-state index contributed by atoms with van der Waals surface area (Å²) in [6.45, 7) is 2.90. The van der Waals surface area contributed by atoms with Crippen molar-refractivity contribution in [2.75, 3.05) is 13.1 Å². The third-order valence-electron chi connectivity index (χ3n) is 3.26. The fourth-order valence-corrected chi connectivity index (χ4v) is 2.41. The lowest BCUT2D eigenvalue weighted by molar-refractivity contribution is 0.132. The standard InChI is InChI=1S/C12H20N4/c13-6-4-12-3-1-2-8-16(12)9-11-5-7-14-10-15-11/h5,7,10,12H,1-4,6,8-9,13H2. The summed E-state index contributed by atoms with van der Waals surface area (Å²) < 4.78 is 0. The zero-order valence-corrected chi connectivity index (χ0v) is 9.68. The normalized spacial score (nSPS) is 22.2. The number of hydrogen-bond acceptors (Lipinski definition) is 4. The van der Waals surface area contributed by atoms with E-state index >= 15 is 0 Å². The number of hydrogen-bond donors (Lipinski definition) is 1. The average Bonchev–Trinajstić information content (AvgIpc) is 2.33. The van der Waals surface area contributed by atoms with Gasteiger partial charge >= 0.3 is 0 Å². The molecule has 1 aromatic heterocycles. The highest BCUT2D eigenvalue weighted by atomic mass is 15.2. The van der Waals surface area contributed by atoms with Crippen molar-refractivity contribution < 1.29 is 0 Å². The Kier molecular flexibility index (Phi) is 4.25. The molecule has 4 heteroatoms. The van der Waals surface area contributed by atoms with E-state index in [1.165, 1.54) is 25.8 Å². The van der Waals surface area contributed by atoms with Gasteiger partial charge in [0.05, 0.1) is 5.69 Å². The predicted molar refractivity (Wildman–Crippen MR) is 63.8 cm³/mol. The molecule has 1 unspecified atom stereocenters. The molecule has 2 rings (SSSR count). The van der Waals surface area contributed by atoms with E-state index < -0.39 is 0 Å². The molecule has 1 atom stereocenters. The predicted octanol–water partition coefficient (Wildman–Crippen LogP) is 1.18. The Morgan fingerprint density at radius 1 is 1.44 bits per heavy atom. The number of nitrogens with two attached hydrogens (primary N) is 1. The summed E-state index contributed by atoms with van der Waals surface area (Å²) in [5.74, 6) is 0. The van der Waals surface area contributed by atoms with E-state index in [-0.39, 0.29) is 0 Å². The van der Waals surface area contributed by atoms with Gasteiger partial charge in [-0.3, -0.25) is 4.90 Å². The van der Waals surface area contributed by atoms with Gasteiger partial charge in [0, 0.05) is 18.8 Å². The fourth-order valence-electron chi connectivity index (χ4n) is 2.41. The first kappa shape index (κ1) is 11.5. The highest BCUT2D eigenvalue weighted by Crippen LogP contribution is 2.20. The summed E-state index contributed by atoms with van der Waals surface area (Å²) in [4.78, 5) is 10.7. The maximum atomic E-state index is 5.66. The van der Waals surface area contributed by atoms with E-state index in [0.29, 0.717) is 6.04 Å². The summed E-state index contributed by atoms with van der Waals surface area (Å²) in [5.41, 5.74) is 6.77.